The molecule has 1 heterocycles. The molecule has 24 heavy (non-hydrogen) atoms. The Morgan fingerprint density at radius 2 is 1.92 bits per heavy atom. The van der Waals surface area contributed by atoms with E-state index in [2.05, 4.69) is 51.9 Å². The van der Waals surface area contributed by atoms with Crippen LogP contribution in [0.1, 0.15) is 39.7 Å². The molecule has 0 bridgehead atoms. The third kappa shape index (κ3) is 4.97. The molecule has 0 N–H and O–H groups in total. The van der Waals surface area contributed by atoms with Gasteiger partial charge >= 0.3 is 0 Å². The second-order valence-electron chi connectivity index (χ2n) is 8.24. The van der Waals surface area contributed by atoms with Gasteiger partial charge in [0.05, 0.1) is 0 Å². The summed E-state index contributed by atoms with van der Waals surface area (Å²) in [6.45, 7) is 11.1. The molecular weight excluding hydrogens is 300 g/mol. The van der Waals surface area contributed by atoms with E-state index in [0.29, 0.717) is 5.92 Å². The molecule has 0 radical (unpaired) electrons. The molecule has 134 valence electrons. The number of ether oxygens (including phenoxy) is 1. The van der Waals surface area contributed by atoms with Gasteiger partial charge in [-0.05, 0) is 56.5 Å². The summed E-state index contributed by atoms with van der Waals surface area (Å²) in [5.41, 5.74) is 1.39. The van der Waals surface area contributed by atoms with Crippen LogP contribution in [0.2, 0.25) is 0 Å². The Morgan fingerprint density at radius 3 is 2.46 bits per heavy atom. The van der Waals surface area contributed by atoms with Crippen LogP contribution < -0.4 is 4.74 Å². The number of likely N-dealkylation sites (tertiary alicyclic amines) is 1. The molecule has 0 saturated carbocycles. The Labute approximate surface area is 146 Å². The number of carbonyl (C=O) groups excluding carboxylic acids is 1. The first-order valence-electron chi connectivity index (χ1n) is 8.87. The Kier molecular flexibility index (Phi) is 5.92. The van der Waals surface area contributed by atoms with Crippen molar-refractivity contribution >= 4 is 5.91 Å². The van der Waals surface area contributed by atoms with Gasteiger partial charge in [-0.2, -0.15) is 0 Å². The van der Waals surface area contributed by atoms with Crippen LogP contribution in [0.25, 0.3) is 0 Å². The second-order valence-corrected chi connectivity index (χ2v) is 8.24. The minimum absolute atomic E-state index is 0.0937. The average molecular weight is 332 g/mol. The van der Waals surface area contributed by atoms with Crippen LogP contribution >= 0.6 is 0 Å². The molecule has 2 atom stereocenters. The van der Waals surface area contributed by atoms with Crippen molar-refractivity contribution in [2.75, 3.05) is 33.7 Å². The van der Waals surface area contributed by atoms with Crippen LogP contribution in [0.3, 0.4) is 0 Å². The van der Waals surface area contributed by atoms with Crippen LogP contribution in [0.4, 0.5) is 0 Å². The minimum Gasteiger partial charge on any atom is -0.481 e. The Morgan fingerprint density at radius 1 is 1.29 bits per heavy atom. The maximum Gasteiger partial charge on any atom is 0.263 e. The number of benzene rings is 1. The molecule has 1 fully saturated rings. The highest BCUT2D eigenvalue weighted by atomic mass is 16.5. The fourth-order valence-corrected chi connectivity index (χ4v) is 3.24. The van der Waals surface area contributed by atoms with Gasteiger partial charge < -0.3 is 14.5 Å². The van der Waals surface area contributed by atoms with E-state index in [1.54, 1.807) is 0 Å². The lowest BCUT2D eigenvalue weighted by molar-refractivity contribution is -0.137. The summed E-state index contributed by atoms with van der Waals surface area (Å²) in [5.74, 6) is 1.42. The predicted molar refractivity (Wildman–Crippen MR) is 98.5 cm³/mol. The highest BCUT2D eigenvalue weighted by Crippen LogP contribution is 2.25. The second kappa shape index (κ2) is 7.56. The highest BCUT2D eigenvalue weighted by Gasteiger charge is 2.30. The molecule has 0 aromatic heterocycles. The summed E-state index contributed by atoms with van der Waals surface area (Å²) in [5, 5.41) is 0. The topological polar surface area (TPSA) is 32.8 Å². The van der Waals surface area contributed by atoms with Gasteiger partial charge in [0.2, 0.25) is 0 Å². The molecule has 2 rings (SSSR count). The van der Waals surface area contributed by atoms with Gasteiger partial charge in [0.15, 0.2) is 6.10 Å². The van der Waals surface area contributed by atoms with Crippen LogP contribution in [-0.4, -0.2) is 55.5 Å². The SMILES string of the molecule is C[C@@H](Oc1ccc(C(C)(C)C)cc1)C(=O)N1CC[C@H](CN(C)C)C1. The number of rotatable bonds is 5. The summed E-state index contributed by atoms with van der Waals surface area (Å²) in [4.78, 5) is 16.7. The third-order valence-corrected chi connectivity index (χ3v) is 4.60. The van der Waals surface area contributed by atoms with Gasteiger partial charge in [-0.25, -0.2) is 0 Å². The summed E-state index contributed by atoms with van der Waals surface area (Å²) in [7, 11) is 4.16. The average Bonchev–Trinajstić information content (AvgIpc) is 2.93. The van der Waals surface area contributed by atoms with Crippen LogP contribution in [0.15, 0.2) is 24.3 Å². The van der Waals surface area contributed by atoms with E-state index in [0.717, 1.165) is 31.8 Å². The summed E-state index contributed by atoms with van der Waals surface area (Å²) in [6.07, 6.45) is 0.639. The molecule has 1 aromatic carbocycles. The van der Waals surface area contributed by atoms with Gasteiger partial charge in [-0.1, -0.05) is 32.9 Å². The number of hydrogen-bond acceptors (Lipinski definition) is 3. The number of hydrogen-bond donors (Lipinski definition) is 0. The standard InChI is InChI=1S/C20H32N2O2/c1-15(19(23)22-12-11-16(14-22)13-21(5)6)24-18-9-7-17(8-10-18)20(2,3)4/h7-10,15-16H,11-14H2,1-6H3/t15-,16-/m1/s1. The number of carbonyl (C=O) groups is 1. The molecule has 0 spiro atoms. The zero-order valence-electron chi connectivity index (χ0n) is 16.0. The van der Waals surface area contributed by atoms with Crippen molar-refractivity contribution in [3.8, 4) is 5.75 Å². The lowest BCUT2D eigenvalue weighted by atomic mass is 9.87. The van der Waals surface area contributed by atoms with Crippen molar-refractivity contribution in [1.29, 1.82) is 0 Å². The maximum atomic E-state index is 12.6. The van der Waals surface area contributed by atoms with Crippen LogP contribution in [0, 0.1) is 5.92 Å². The molecule has 1 aliphatic heterocycles. The fraction of sp³-hybridized carbons (Fsp3) is 0.650. The van der Waals surface area contributed by atoms with Crippen molar-refractivity contribution in [3.05, 3.63) is 29.8 Å². The van der Waals surface area contributed by atoms with E-state index in [1.807, 2.05) is 24.0 Å². The van der Waals surface area contributed by atoms with Gasteiger partial charge in [-0.3, -0.25) is 4.79 Å². The first-order chi connectivity index (χ1) is 11.2. The summed E-state index contributed by atoms with van der Waals surface area (Å²) < 4.78 is 5.87. The summed E-state index contributed by atoms with van der Waals surface area (Å²) >= 11 is 0. The first-order valence-corrected chi connectivity index (χ1v) is 8.87. The molecule has 1 aromatic rings. The van der Waals surface area contributed by atoms with Crippen LogP contribution in [0.5, 0.6) is 5.75 Å². The number of amides is 1. The van der Waals surface area contributed by atoms with Crippen molar-refractivity contribution in [3.63, 3.8) is 0 Å². The van der Waals surface area contributed by atoms with Crippen molar-refractivity contribution in [2.24, 2.45) is 5.92 Å². The Hall–Kier alpha value is -1.55. The zero-order chi connectivity index (χ0) is 17.9. The summed E-state index contributed by atoms with van der Waals surface area (Å²) in [6, 6.07) is 8.08. The predicted octanol–water partition coefficient (Wildman–Crippen LogP) is 3.16. The normalized spacial score (nSPS) is 19.6. The highest BCUT2D eigenvalue weighted by molar-refractivity contribution is 5.81. The van der Waals surface area contributed by atoms with Gasteiger partial charge in [0, 0.05) is 19.6 Å². The lowest BCUT2D eigenvalue weighted by Crippen LogP contribution is -2.39. The van der Waals surface area contributed by atoms with E-state index in [4.69, 9.17) is 4.74 Å². The first kappa shape index (κ1) is 18.8. The largest absolute Gasteiger partial charge is 0.481 e. The van der Waals surface area contributed by atoms with Crippen molar-refractivity contribution in [2.45, 2.75) is 45.6 Å². The Bertz CT molecular complexity index is 546. The molecule has 0 unspecified atom stereocenters. The third-order valence-electron chi connectivity index (χ3n) is 4.60. The quantitative estimate of drug-likeness (QED) is 0.830. The minimum atomic E-state index is -0.441. The smallest absolute Gasteiger partial charge is 0.263 e. The monoisotopic (exact) mass is 332 g/mol. The lowest BCUT2D eigenvalue weighted by Gasteiger charge is -2.23. The van der Waals surface area contributed by atoms with Crippen LogP contribution in [-0.2, 0) is 10.2 Å². The molecule has 4 nitrogen and oxygen atoms in total. The van der Waals surface area contributed by atoms with E-state index in [9.17, 15) is 4.79 Å². The van der Waals surface area contributed by atoms with E-state index in [1.165, 1.54) is 5.56 Å². The van der Waals surface area contributed by atoms with Gasteiger partial charge in [0.1, 0.15) is 5.75 Å². The number of nitrogens with zero attached hydrogens (tertiary/aromatic N) is 2. The van der Waals surface area contributed by atoms with E-state index >= 15 is 0 Å². The molecule has 1 saturated heterocycles. The maximum absolute atomic E-state index is 12.6. The molecular formula is C20H32N2O2. The molecule has 0 aliphatic carbocycles. The van der Waals surface area contributed by atoms with Crippen molar-refractivity contribution in [1.82, 2.24) is 9.80 Å². The van der Waals surface area contributed by atoms with Crippen molar-refractivity contribution < 1.29 is 9.53 Å². The van der Waals surface area contributed by atoms with E-state index < -0.39 is 6.10 Å². The molecule has 4 heteroatoms. The molecule has 1 aliphatic rings. The fourth-order valence-electron chi connectivity index (χ4n) is 3.24. The van der Waals surface area contributed by atoms with Gasteiger partial charge in [-0.15, -0.1) is 0 Å². The molecule has 1 amide bonds. The Balaban J connectivity index is 1.90. The van der Waals surface area contributed by atoms with Gasteiger partial charge in [0.25, 0.3) is 5.91 Å². The zero-order valence-corrected chi connectivity index (χ0v) is 16.0. The van der Waals surface area contributed by atoms with E-state index in [-0.39, 0.29) is 11.3 Å².